The van der Waals surface area contributed by atoms with E-state index in [9.17, 15) is 18.0 Å². The van der Waals surface area contributed by atoms with Gasteiger partial charge in [0.15, 0.2) is 0 Å². The maximum absolute atomic E-state index is 13.2. The van der Waals surface area contributed by atoms with Crippen LogP contribution in [0.25, 0.3) is 0 Å². The predicted molar refractivity (Wildman–Crippen MR) is 127 cm³/mol. The lowest BCUT2D eigenvalue weighted by atomic mass is 10.1. The van der Waals surface area contributed by atoms with Crippen LogP contribution in [0.5, 0.6) is 5.75 Å². The molecule has 1 aliphatic heterocycles. The Kier molecular flexibility index (Phi) is 8.10. The minimum atomic E-state index is -3.72. The summed E-state index contributed by atoms with van der Waals surface area (Å²) in [7, 11) is -0.602. The van der Waals surface area contributed by atoms with Gasteiger partial charge in [0.05, 0.1) is 17.6 Å². The van der Waals surface area contributed by atoms with Crippen LogP contribution in [0, 0.1) is 0 Å². The molecule has 0 saturated carbocycles. The van der Waals surface area contributed by atoms with Gasteiger partial charge in [-0.15, -0.1) is 0 Å². The number of carbonyl (C=O) groups excluding carboxylic acids is 2. The number of anilines is 1. The highest BCUT2D eigenvalue weighted by Gasteiger charge is 2.27. The van der Waals surface area contributed by atoms with Crippen molar-refractivity contribution in [3.8, 4) is 5.75 Å². The van der Waals surface area contributed by atoms with E-state index in [1.807, 2.05) is 12.1 Å². The third kappa shape index (κ3) is 5.91. The van der Waals surface area contributed by atoms with Crippen molar-refractivity contribution in [3.63, 3.8) is 0 Å². The van der Waals surface area contributed by atoms with E-state index in [0.29, 0.717) is 25.3 Å². The van der Waals surface area contributed by atoms with Crippen LogP contribution in [-0.4, -0.2) is 56.7 Å². The molecule has 1 fully saturated rings. The van der Waals surface area contributed by atoms with E-state index < -0.39 is 15.9 Å². The minimum absolute atomic E-state index is 0.0694. The van der Waals surface area contributed by atoms with Crippen molar-refractivity contribution < 1.29 is 22.7 Å². The van der Waals surface area contributed by atoms with E-state index in [2.05, 4.69) is 5.32 Å². The Labute approximate surface area is 195 Å². The first-order valence-corrected chi connectivity index (χ1v) is 12.5. The van der Waals surface area contributed by atoms with Crippen LogP contribution < -0.4 is 10.1 Å². The van der Waals surface area contributed by atoms with Crippen LogP contribution in [0.3, 0.4) is 0 Å². The van der Waals surface area contributed by atoms with Gasteiger partial charge >= 0.3 is 0 Å². The molecule has 8 nitrogen and oxygen atoms in total. The number of nitrogens with zero attached hydrogens (tertiary/aromatic N) is 2. The number of amides is 2. The highest BCUT2D eigenvalue weighted by molar-refractivity contribution is 7.89. The maximum Gasteiger partial charge on any atom is 0.259 e. The largest absolute Gasteiger partial charge is 0.496 e. The summed E-state index contributed by atoms with van der Waals surface area (Å²) in [6, 6.07) is 11.5. The summed E-state index contributed by atoms with van der Waals surface area (Å²) in [5, 5.41) is 2.85. The first-order valence-electron chi connectivity index (χ1n) is 11.0. The van der Waals surface area contributed by atoms with Crippen LogP contribution in [0.1, 0.15) is 48.5 Å². The first kappa shape index (κ1) is 24.7. The maximum atomic E-state index is 13.2. The number of para-hydroxylation sites is 1. The standard InChI is InChI=1S/C24H31N3O5S/c1-18(28)26(2)17-19-10-6-7-11-22(19)25-24(29)21-16-20(12-13-23(21)32-3)33(30,31)27-14-8-4-5-9-15-27/h6-7,10-13,16H,4-5,8-9,14-15,17H2,1-3H3,(H,25,29). The molecule has 1 heterocycles. The summed E-state index contributed by atoms with van der Waals surface area (Å²) in [4.78, 5) is 26.4. The number of hydrogen-bond donors (Lipinski definition) is 1. The Morgan fingerprint density at radius 3 is 2.36 bits per heavy atom. The van der Waals surface area contributed by atoms with Gasteiger partial charge in [0.25, 0.3) is 5.91 Å². The molecular formula is C24H31N3O5S. The number of rotatable bonds is 7. The van der Waals surface area contributed by atoms with E-state index in [-0.39, 0.29) is 22.1 Å². The van der Waals surface area contributed by atoms with Crippen molar-refractivity contribution in [2.45, 2.75) is 44.0 Å². The lowest BCUT2D eigenvalue weighted by Crippen LogP contribution is -2.32. The molecule has 1 aliphatic rings. The fourth-order valence-corrected chi connectivity index (χ4v) is 5.34. The average Bonchev–Trinajstić information content (AvgIpc) is 3.10. The highest BCUT2D eigenvalue weighted by atomic mass is 32.2. The molecule has 0 unspecified atom stereocenters. The van der Waals surface area contributed by atoms with E-state index >= 15 is 0 Å². The van der Waals surface area contributed by atoms with Crippen molar-refractivity contribution >= 4 is 27.5 Å². The first-order chi connectivity index (χ1) is 15.7. The van der Waals surface area contributed by atoms with E-state index in [4.69, 9.17) is 4.74 Å². The van der Waals surface area contributed by atoms with Crippen LogP contribution in [0.15, 0.2) is 47.4 Å². The second kappa shape index (κ2) is 10.8. The molecule has 2 aromatic rings. The Morgan fingerprint density at radius 2 is 1.73 bits per heavy atom. The van der Waals surface area contributed by atoms with Gasteiger partial charge in [-0.25, -0.2) is 8.42 Å². The Morgan fingerprint density at radius 1 is 1.06 bits per heavy atom. The molecule has 0 bridgehead atoms. The van der Waals surface area contributed by atoms with Gasteiger partial charge in [-0.3, -0.25) is 9.59 Å². The smallest absolute Gasteiger partial charge is 0.259 e. The zero-order chi connectivity index (χ0) is 24.0. The fourth-order valence-electron chi connectivity index (χ4n) is 3.79. The quantitative estimate of drug-likeness (QED) is 0.664. The fraction of sp³-hybridized carbons (Fsp3) is 0.417. The molecule has 1 saturated heterocycles. The third-order valence-corrected chi connectivity index (χ3v) is 7.72. The number of benzene rings is 2. The zero-order valence-corrected chi connectivity index (χ0v) is 20.2. The Balaban J connectivity index is 1.90. The van der Waals surface area contributed by atoms with Gasteiger partial charge in [0.2, 0.25) is 15.9 Å². The summed E-state index contributed by atoms with van der Waals surface area (Å²) in [6.45, 7) is 2.76. The van der Waals surface area contributed by atoms with Crippen LogP contribution in [-0.2, 0) is 21.4 Å². The molecule has 0 aromatic heterocycles. The van der Waals surface area contributed by atoms with Gasteiger partial charge in [-0.1, -0.05) is 31.0 Å². The van der Waals surface area contributed by atoms with Crippen LogP contribution in [0.2, 0.25) is 0 Å². The Hall–Kier alpha value is -2.91. The molecule has 2 amide bonds. The number of hydrogen-bond acceptors (Lipinski definition) is 5. The van der Waals surface area contributed by atoms with Crippen molar-refractivity contribution in [1.29, 1.82) is 0 Å². The minimum Gasteiger partial charge on any atom is -0.496 e. The third-order valence-electron chi connectivity index (χ3n) is 5.83. The molecule has 0 spiro atoms. The molecule has 1 N–H and O–H groups in total. The van der Waals surface area contributed by atoms with Gasteiger partial charge in [0.1, 0.15) is 5.75 Å². The molecule has 0 aliphatic carbocycles. The number of nitrogens with one attached hydrogen (secondary N) is 1. The van der Waals surface area contributed by atoms with E-state index in [1.54, 1.807) is 24.1 Å². The normalized spacial score (nSPS) is 14.9. The van der Waals surface area contributed by atoms with Gasteiger partial charge in [-0.2, -0.15) is 4.31 Å². The molecule has 9 heteroatoms. The van der Waals surface area contributed by atoms with Crippen LogP contribution in [0.4, 0.5) is 5.69 Å². The van der Waals surface area contributed by atoms with E-state index in [0.717, 1.165) is 31.2 Å². The van der Waals surface area contributed by atoms with E-state index in [1.165, 1.54) is 36.5 Å². The highest BCUT2D eigenvalue weighted by Crippen LogP contribution is 2.27. The monoisotopic (exact) mass is 473 g/mol. The SMILES string of the molecule is COc1ccc(S(=O)(=O)N2CCCCCC2)cc1C(=O)Nc1ccccc1CN(C)C(C)=O. The predicted octanol–water partition coefficient (Wildman–Crippen LogP) is 3.49. The Bertz CT molecular complexity index is 1110. The molecule has 178 valence electrons. The summed E-state index contributed by atoms with van der Waals surface area (Å²) in [6.07, 6.45) is 3.68. The number of methoxy groups -OCH3 is 1. The lowest BCUT2D eigenvalue weighted by molar-refractivity contribution is -0.128. The summed E-state index contributed by atoms with van der Waals surface area (Å²) in [5.74, 6) is -0.303. The second-order valence-electron chi connectivity index (χ2n) is 8.17. The van der Waals surface area contributed by atoms with Crippen LogP contribution >= 0.6 is 0 Å². The van der Waals surface area contributed by atoms with Crippen molar-refractivity contribution in [2.24, 2.45) is 0 Å². The molecule has 0 radical (unpaired) electrons. The number of ether oxygens (including phenoxy) is 1. The lowest BCUT2D eigenvalue weighted by Gasteiger charge is -2.21. The molecule has 0 atom stereocenters. The zero-order valence-electron chi connectivity index (χ0n) is 19.3. The van der Waals surface area contributed by atoms with Gasteiger partial charge in [-0.05, 0) is 42.7 Å². The second-order valence-corrected chi connectivity index (χ2v) is 10.1. The average molecular weight is 474 g/mol. The summed E-state index contributed by atoms with van der Waals surface area (Å²) in [5.41, 5.74) is 1.43. The number of carbonyl (C=O) groups is 2. The molecule has 2 aromatic carbocycles. The van der Waals surface area contributed by atoms with Crippen molar-refractivity contribution in [3.05, 3.63) is 53.6 Å². The molecule has 3 rings (SSSR count). The summed E-state index contributed by atoms with van der Waals surface area (Å²) >= 11 is 0. The van der Waals surface area contributed by atoms with Crippen molar-refractivity contribution in [2.75, 3.05) is 32.6 Å². The number of sulfonamides is 1. The summed E-state index contributed by atoms with van der Waals surface area (Å²) < 4.78 is 33.3. The van der Waals surface area contributed by atoms with Gasteiger partial charge < -0.3 is 15.0 Å². The molecular weight excluding hydrogens is 442 g/mol. The van der Waals surface area contributed by atoms with Gasteiger partial charge in [0, 0.05) is 39.3 Å². The molecule has 33 heavy (non-hydrogen) atoms. The van der Waals surface area contributed by atoms with Crippen molar-refractivity contribution in [1.82, 2.24) is 9.21 Å². The topological polar surface area (TPSA) is 96.0 Å².